The van der Waals surface area contributed by atoms with E-state index in [0.717, 1.165) is 5.92 Å². The smallest absolute Gasteiger partial charge is 0.250 e. The lowest BCUT2D eigenvalue weighted by Gasteiger charge is -2.43. The highest BCUT2D eigenvalue weighted by molar-refractivity contribution is 6.74. The summed E-state index contributed by atoms with van der Waals surface area (Å²) < 4.78 is 6.64. The fourth-order valence-electron chi connectivity index (χ4n) is 3.00. The van der Waals surface area contributed by atoms with Crippen molar-refractivity contribution in [2.75, 3.05) is 0 Å². The van der Waals surface area contributed by atoms with Gasteiger partial charge in [0.05, 0.1) is 5.76 Å². The third-order valence-corrected chi connectivity index (χ3v) is 9.48. The number of hydrogen-bond acceptors (Lipinski definition) is 1. The van der Waals surface area contributed by atoms with Gasteiger partial charge >= 0.3 is 0 Å². The van der Waals surface area contributed by atoms with E-state index >= 15 is 0 Å². The molecule has 0 aliphatic heterocycles. The zero-order chi connectivity index (χ0) is 14.5. The molecule has 1 nitrogen and oxygen atoms in total. The van der Waals surface area contributed by atoms with Crippen LogP contribution in [-0.4, -0.2) is 8.32 Å². The lowest BCUT2D eigenvalue weighted by molar-refractivity contribution is 0.214. The Balaban J connectivity index is 2.27. The van der Waals surface area contributed by atoms with Crippen LogP contribution in [0.25, 0.3) is 0 Å². The minimum absolute atomic E-state index is 0.271. The Morgan fingerprint density at radius 1 is 1.26 bits per heavy atom. The van der Waals surface area contributed by atoms with Crippen LogP contribution < -0.4 is 0 Å². The van der Waals surface area contributed by atoms with E-state index in [1.807, 2.05) is 0 Å². The lowest BCUT2D eigenvalue weighted by atomic mass is 9.72. The first kappa shape index (κ1) is 14.9. The standard InChI is InChI=1S/C17H30OSi/c1-16(2,3)19(6,7)18-15-12-17(4,5)11-13-9-8-10-14(13)15/h8,10,12-14H,9,11H2,1-7H3/t13-,14-/m1/s1. The van der Waals surface area contributed by atoms with Crippen LogP contribution in [0.4, 0.5) is 0 Å². The molecule has 0 aromatic rings. The van der Waals surface area contributed by atoms with Crippen LogP contribution in [-0.2, 0) is 4.43 Å². The monoisotopic (exact) mass is 278 g/mol. The molecule has 0 heterocycles. The molecule has 0 N–H and O–H groups in total. The summed E-state index contributed by atoms with van der Waals surface area (Å²) >= 11 is 0. The number of allylic oxidation sites excluding steroid dienone is 3. The summed E-state index contributed by atoms with van der Waals surface area (Å²) in [5.41, 5.74) is 0.283. The number of hydrogen-bond donors (Lipinski definition) is 0. The summed E-state index contributed by atoms with van der Waals surface area (Å²) in [6.45, 7) is 16.3. The van der Waals surface area contributed by atoms with E-state index in [1.54, 1.807) is 0 Å². The van der Waals surface area contributed by atoms with Crippen molar-refractivity contribution in [2.24, 2.45) is 17.3 Å². The van der Waals surface area contributed by atoms with Crippen molar-refractivity contribution in [3.8, 4) is 0 Å². The van der Waals surface area contributed by atoms with Gasteiger partial charge in [-0.3, -0.25) is 0 Å². The average Bonchev–Trinajstić information content (AvgIpc) is 2.60. The molecule has 108 valence electrons. The molecule has 0 aromatic carbocycles. The fourth-order valence-corrected chi connectivity index (χ4v) is 4.09. The van der Waals surface area contributed by atoms with Crippen LogP contribution in [0.15, 0.2) is 24.0 Å². The van der Waals surface area contributed by atoms with Gasteiger partial charge in [-0.15, -0.1) is 0 Å². The molecule has 0 saturated carbocycles. The zero-order valence-electron chi connectivity index (χ0n) is 13.7. The van der Waals surface area contributed by atoms with Gasteiger partial charge in [-0.1, -0.05) is 46.8 Å². The highest BCUT2D eigenvalue weighted by atomic mass is 28.4. The highest BCUT2D eigenvalue weighted by Crippen LogP contribution is 2.48. The maximum absolute atomic E-state index is 6.64. The molecular weight excluding hydrogens is 248 g/mol. The molecule has 2 aliphatic rings. The minimum Gasteiger partial charge on any atom is -0.546 e. The molecule has 0 aromatic heterocycles. The summed E-state index contributed by atoms with van der Waals surface area (Å²) in [5, 5.41) is 0.271. The predicted molar refractivity (Wildman–Crippen MR) is 85.5 cm³/mol. The van der Waals surface area contributed by atoms with Crippen molar-refractivity contribution in [1.82, 2.24) is 0 Å². The van der Waals surface area contributed by atoms with E-state index in [4.69, 9.17) is 4.43 Å². The maximum atomic E-state index is 6.64. The summed E-state index contributed by atoms with van der Waals surface area (Å²) in [6.07, 6.45) is 9.64. The van der Waals surface area contributed by atoms with E-state index in [0.29, 0.717) is 5.92 Å². The van der Waals surface area contributed by atoms with Crippen LogP contribution in [0.5, 0.6) is 0 Å². The van der Waals surface area contributed by atoms with Gasteiger partial charge in [-0.2, -0.15) is 0 Å². The second-order valence-corrected chi connectivity index (χ2v) is 13.3. The second kappa shape index (κ2) is 4.51. The van der Waals surface area contributed by atoms with Crippen molar-refractivity contribution in [3.05, 3.63) is 24.0 Å². The quantitative estimate of drug-likeness (QED) is 0.478. The van der Waals surface area contributed by atoms with Crippen LogP contribution >= 0.6 is 0 Å². The van der Waals surface area contributed by atoms with Crippen molar-refractivity contribution >= 4 is 8.32 Å². The first-order chi connectivity index (χ1) is 8.52. The molecule has 19 heavy (non-hydrogen) atoms. The van der Waals surface area contributed by atoms with Crippen LogP contribution in [0.3, 0.4) is 0 Å². The van der Waals surface area contributed by atoms with E-state index in [9.17, 15) is 0 Å². The molecule has 0 amide bonds. The van der Waals surface area contributed by atoms with Gasteiger partial charge in [0.2, 0.25) is 8.32 Å². The Morgan fingerprint density at radius 3 is 2.47 bits per heavy atom. The van der Waals surface area contributed by atoms with Gasteiger partial charge in [-0.25, -0.2) is 0 Å². The van der Waals surface area contributed by atoms with E-state index in [-0.39, 0.29) is 10.5 Å². The van der Waals surface area contributed by atoms with Gasteiger partial charge < -0.3 is 4.43 Å². The Labute approximate surface area is 120 Å². The first-order valence-electron chi connectivity index (χ1n) is 7.60. The molecule has 0 radical (unpaired) electrons. The molecule has 0 spiro atoms. The molecule has 2 rings (SSSR count). The van der Waals surface area contributed by atoms with Crippen molar-refractivity contribution in [3.63, 3.8) is 0 Å². The number of fused-ring (bicyclic) bond motifs is 1. The Bertz CT molecular complexity index is 409. The van der Waals surface area contributed by atoms with Crippen molar-refractivity contribution in [2.45, 2.75) is 65.6 Å². The third-order valence-electron chi connectivity index (χ3n) is 5.12. The van der Waals surface area contributed by atoms with Crippen LogP contribution in [0.2, 0.25) is 18.1 Å². The molecule has 2 aliphatic carbocycles. The summed E-state index contributed by atoms with van der Waals surface area (Å²) in [4.78, 5) is 0. The normalized spacial score (nSPS) is 29.9. The van der Waals surface area contributed by atoms with Gasteiger partial charge in [0.1, 0.15) is 0 Å². The van der Waals surface area contributed by atoms with Gasteiger partial charge in [0, 0.05) is 5.92 Å². The SMILES string of the molecule is CC1(C)C=C(O[Si](C)(C)C(C)(C)C)[C@@H]2C=CC[C@@H]2C1. The van der Waals surface area contributed by atoms with Crippen molar-refractivity contribution < 1.29 is 4.43 Å². The largest absolute Gasteiger partial charge is 0.546 e. The molecule has 2 heteroatoms. The van der Waals surface area contributed by atoms with Gasteiger partial charge in [0.15, 0.2) is 0 Å². The zero-order valence-corrected chi connectivity index (χ0v) is 14.7. The Morgan fingerprint density at radius 2 is 1.89 bits per heavy atom. The fraction of sp³-hybridized carbons (Fsp3) is 0.765. The van der Waals surface area contributed by atoms with Gasteiger partial charge in [0.25, 0.3) is 0 Å². The molecule has 0 bridgehead atoms. The van der Waals surface area contributed by atoms with E-state index in [1.165, 1.54) is 18.6 Å². The first-order valence-corrected chi connectivity index (χ1v) is 10.5. The third kappa shape index (κ3) is 2.99. The molecule has 0 fully saturated rings. The van der Waals surface area contributed by atoms with Crippen LogP contribution in [0, 0.1) is 17.3 Å². The summed E-state index contributed by atoms with van der Waals surface area (Å²) in [6, 6.07) is 0. The summed E-state index contributed by atoms with van der Waals surface area (Å²) in [5.74, 6) is 2.57. The number of rotatable bonds is 2. The Hall–Kier alpha value is -0.503. The highest BCUT2D eigenvalue weighted by Gasteiger charge is 2.43. The maximum Gasteiger partial charge on any atom is 0.250 e. The van der Waals surface area contributed by atoms with Crippen molar-refractivity contribution in [1.29, 1.82) is 0 Å². The topological polar surface area (TPSA) is 9.23 Å². The minimum atomic E-state index is -1.72. The summed E-state index contributed by atoms with van der Waals surface area (Å²) in [7, 11) is -1.72. The molecule has 0 unspecified atom stereocenters. The average molecular weight is 279 g/mol. The molecular formula is C17H30OSi. The van der Waals surface area contributed by atoms with Gasteiger partial charge in [-0.05, 0) is 48.4 Å². The van der Waals surface area contributed by atoms with E-state index < -0.39 is 8.32 Å². The van der Waals surface area contributed by atoms with Crippen LogP contribution in [0.1, 0.15) is 47.5 Å². The predicted octanol–water partition coefficient (Wildman–Crippen LogP) is 5.51. The lowest BCUT2D eigenvalue weighted by Crippen LogP contribution is -2.42. The molecule has 2 atom stereocenters. The molecule has 0 saturated heterocycles. The van der Waals surface area contributed by atoms with E-state index in [2.05, 4.69) is 65.9 Å². The Kier molecular flexibility index (Phi) is 3.54. The second-order valence-electron chi connectivity index (χ2n) is 8.55.